The van der Waals surface area contributed by atoms with Gasteiger partial charge in [0.25, 0.3) is 11.9 Å². The van der Waals surface area contributed by atoms with E-state index in [2.05, 4.69) is 30.9 Å². The van der Waals surface area contributed by atoms with Gasteiger partial charge in [-0.05, 0) is 29.5 Å². The Morgan fingerprint density at radius 3 is 2.81 bits per heavy atom. The van der Waals surface area contributed by atoms with E-state index in [4.69, 9.17) is 4.74 Å². The van der Waals surface area contributed by atoms with Crippen molar-refractivity contribution in [2.24, 2.45) is 0 Å². The molecule has 2 aromatic carbocycles. The molecule has 0 atom stereocenters. The molecule has 0 aliphatic rings. The first-order chi connectivity index (χ1) is 12.7. The number of hydrogen-bond donors (Lipinski definition) is 2. The van der Waals surface area contributed by atoms with E-state index in [1.807, 2.05) is 48.5 Å². The van der Waals surface area contributed by atoms with Crippen LogP contribution in [0.4, 0.5) is 5.95 Å². The zero-order valence-electron chi connectivity index (χ0n) is 13.8. The number of benzene rings is 2. The number of aromatic amines is 1. The predicted molar refractivity (Wildman–Crippen MR) is 95.9 cm³/mol. The van der Waals surface area contributed by atoms with Crippen LogP contribution in [0.15, 0.2) is 54.6 Å². The number of ether oxygens (including phenoxy) is 1. The number of carbonyl (C=O) groups excluding carboxylic acids is 1. The van der Waals surface area contributed by atoms with Crippen LogP contribution in [0, 0.1) is 0 Å². The van der Waals surface area contributed by atoms with Gasteiger partial charge in [-0.25, -0.2) is 4.98 Å². The van der Waals surface area contributed by atoms with E-state index in [9.17, 15) is 4.79 Å². The molecule has 0 unspecified atom stereocenters. The van der Waals surface area contributed by atoms with Gasteiger partial charge in [-0.15, -0.1) is 5.10 Å². The van der Waals surface area contributed by atoms with Crippen molar-refractivity contribution in [3.05, 3.63) is 60.2 Å². The fourth-order valence-corrected chi connectivity index (χ4v) is 2.68. The average molecular weight is 346 g/mol. The molecule has 0 saturated carbocycles. The first-order valence-corrected chi connectivity index (χ1v) is 7.83. The Balaban J connectivity index is 1.84. The number of aromatic nitrogens is 5. The van der Waals surface area contributed by atoms with Crippen molar-refractivity contribution < 1.29 is 9.53 Å². The third-order valence-corrected chi connectivity index (χ3v) is 3.90. The van der Waals surface area contributed by atoms with Gasteiger partial charge in [0.2, 0.25) is 0 Å². The van der Waals surface area contributed by atoms with Gasteiger partial charge in [-0.2, -0.15) is 5.21 Å². The molecule has 0 saturated heterocycles. The zero-order valence-corrected chi connectivity index (χ0v) is 13.8. The number of hydrogen-bond acceptors (Lipinski definition) is 6. The minimum atomic E-state index is -0.339. The van der Waals surface area contributed by atoms with Gasteiger partial charge in [0.1, 0.15) is 5.75 Å². The summed E-state index contributed by atoms with van der Waals surface area (Å²) in [5.74, 6) is 0.489. The number of para-hydroxylation sites is 1. The molecule has 2 aromatic heterocycles. The Kier molecular flexibility index (Phi) is 3.98. The Labute approximate surface area is 148 Å². The summed E-state index contributed by atoms with van der Waals surface area (Å²) in [5.41, 5.74) is 2.70. The second-order valence-electron chi connectivity index (χ2n) is 5.49. The predicted octanol–water partition coefficient (Wildman–Crippen LogP) is 2.68. The number of methoxy groups -OCH3 is 1. The van der Waals surface area contributed by atoms with E-state index in [1.54, 1.807) is 13.2 Å². The highest BCUT2D eigenvalue weighted by Crippen LogP contribution is 2.27. The number of anilines is 1. The highest BCUT2D eigenvalue weighted by Gasteiger charge is 2.15. The number of H-pyrrole nitrogens is 1. The van der Waals surface area contributed by atoms with Crippen LogP contribution in [0.1, 0.15) is 10.4 Å². The summed E-state index contributed by atoms with van der Waals surface area (Å²) in [7, 11) is 1.61. The lowest BCUT2D eigenvalue weighted by Gasteiger charge is -2.10. The Hall–Kier alpha value is -3.81. The molecule has 0 spiro atoms. The summed E-state index contributed by atoms with van der Waals surface area (Å²) in [6, 6.07) is 16.7. The maximum absolute atomic E-state index is 12.7. The van der Waals surface area contributed by atoms with Crippen molar-refractivity contribution in [2.45, 2.75) is 0 Å². The quantitative estimate of drug-likeness (QED) is 0.588. The SMILES string of the molecule is COc1cccc(-c2cc(C(=O)Nc3nn[nH]n3)c3ccccc3n2)c1. The fourth-order valence-electron chi connectivity index (χ4n) is 2.68. The normalized spacial score (nSPS) is 10.7. The van der Waals surface area contributed by atoms with E-state index in [0.717, 1.165) is 16.7 Å². The average Bonchev–Trinajstić information content (AvgIpc) is 3.20. The van der Waals surface area contributed by atoms with Gasteiger partial charge < -0.3 is 4.74 Å². The molecule has 8 nitrogen and oxygen atoms in total. The topological polar surface area (TPSA) is 106 Å². The van der Waals surface area contributed by atoms with Gasteiger partial charge in [0, 0.05) is 10.9 Å². The molecule has 2 heterocycles. The number of tetrazole rings is 1. The van der Waals surface area contributed by atoms with Crippen molar-refractivity contribution in [3.8, 4) is 17.0 Å². The van der Waals surface area contributed by atoms with Crippen LogP contribution in [0.2, 0.25) is 0 Å². The molecule has 0 radical (unpaired) electrons. The maximum Gasteiger partial charge on any atom is 0.270 e. The van der Waals surface area contributed by atoms with Crippen LogP contribution in [0.3, 0.4) is 0 Å². The molecule has 0 aliphatic carbocycles. The van der Waals surface area contributed by atoms with Crippen molar-refractivity contribution in [3.63, 3.8) is 0 Å². The molecule has 1 amide bonds. The number of rotatable bonds is 4. The van der Waals surface area contributed by atoms with Crippen molar-refractivity contribution >= 4 is 22.8 Å². The van der Waals surface area contributed by atoms with E-state index < -0.39 is 0 Å². The van der Waals surface area contributed by atoms with Crippen LogP contribution in [0.25, 0.3) is 22.2 Å². The Morgan fingerprint density at radius 1 is 1.12 bits per heavy atom. The van der Waals surface area contributed by atoms with Gasteiger partial charge >= 0.3 is 0 Å². The zero-order chi connectivity index (χ0) is 17.9. The van der Waals surface area contributed by atoms with Crippen LogP contribution in [-0.4, -0.2) is 38.6 Å². The Bertz CT molecular complexity index is 1080. The van der Waals surface area contributed by atoms with Gasteiger partial charge in [-0.1, -0.05) is 35.4 Å². The number of carbonyl (C=O) groups is 1. The molecular weight excluding hydrogens is 332 g/mol. The van der Waals surface area contributed by atoms with E-state index in [-0.39, 0.29) is 11.9 Å². The van der Waals surface area contributed by atoms with Crippen LogP contribution in [-0.2, 0) is 0 Å². The summed E-state index contributed by atoms with van der Waals surface area (Å²) >= 11 is 0. The standard InChI is InChI=1S/C18H14N6O2/c1-26-12-6-4-5-11(9-12)16-10-14(13-7-2-3-8-15(13)19-16)17(25)20-18-21-23-24-22-18/h2-10H,1H3,(H2,20,21,22,23,24,25). The highest BCUT2D eigenvalue weighted by molar-refractivity contribution is 6.12. The molecule has 128 valence electrons. The van der Waals surface area contributed by atoms with Gasteiger partial charge in [-0.3, -0.25) is 10.1 Å². The van der Waals surface area contributed by atoms with Crippen LogP contribution < -0.4 is 10.1 Å². The van der Waals surface area contributed by atoms with Crippen molar-refractivity contribution in [2.75, 3.05) is 12.4 Å². The third-order valence-electron chi connectivity index (χ3n) is 3.90. The van der Waals surface area contributed by atoms with E-state index >= 15 is 0 Å². The number of fused-ring (bicyclic) bond motifs is 1. The Morgan fingerprint density at radius 2 is 2.00 bits per heavy atom. The first-order valence-electron chi connectivity index (χ1n) is 7.83. The first kappa shape index (κ1) is 15.7. The minimum absolute atomic E-state index is 0.110. The van der Waals surface area contributed by atoms with Gasteiger partial charge in [0.15, 0.2) is 0 Å². The number of amides is 1. The highest BCUT2D eigenvalue weighted by atomic mass is 16.5. The van der Waals surface area contributed by atoms with Gasteiger partial charge in [0.05, 0.1) is 23.9 Å². The molecular formula is C18H14N6O2. The molecule has 8 heteroatoms. The second-order valence-corrected chi connectivity index (χ2v) is 5.49. The molecule has 4 rings (SSSR count). The lowest BCUT2D eigenvalue weighted by atomic mass is 10.0. The molecule has 2 N–H and O–H groups in total. The third kappa shape index (κ3) is 2.95. The molecule has 0 fully saturated rings. The molecule has 4 aromatic rings. The lowest BCUT2D eigenvalue weighted by molar-refractivity contribution is 0.102. The van der Waals surface area contributed by atoms with Crippen molar-refractivity contribution in [1.82, 2.24) is 25.6 Å². The van der Waals surface area contributed by atoms with Crippen molar-refractivity contribution in [1.29, 1.82) is 0 Å². The minimum Gasteiger partial charge on any atom is -0.497 e. The smallest absolute Gasteiger partial charge is 0.270 e. The lowest BCUT2D eigenvalue weighted by Crippen LogP contribution is -2.14. The summed E-state index contributed by atoms with van der Waals surface area (Å²) in [6.07, 6.45) is 0. The second kappa shape index (κ2) is 6.60. The molecule has 0 bridgehead atoms. The number of nitrogens with one attached hydrogen (secondary N) is 2. The van der Waals surface area contributed by atoms with Crippen LogP contribution in [0.5, 0.6) is 5.75 Å². The van der Waals surface area contributed by atoms with Crippen LogP contribution >= 0.6 is 0 Å². The largest absolute Gasteiger partial charge is 0.497 e. The molecule has 26 heavy (non-hydrogen) atoms. The summed E-state index contributed by atoms with van der Waals surface area (Å²) in [4.78, 5) is 17.4. The summed E-state index contributed by atoms with van der Waals surface area (Å²) < 4.78 is 5.28. The monoisotopic (exact) mass is 346 g/mol. The van der Waals surface area contributed by atoms with E-state index in [1.165, 1.54) is 0 Å². The number of pyridine rings is 1. The summed E-state index contributed by atoms with van der Waals surface area (Å²) in [5, 5.41) is 16.6. The number of nitrogens with zero attached hydrogens (tertiary/aromatic N) is 4. The summed E-state index contributed by atoms with van der Waals surface area (Å²) in [6.45, 7) is 0. The molecule has 0 aliphatic heterocycles. The maximum atomic E-state index is 12.7. The fraction of sp³-hybridized carbons (Fsp3) is 0.0556. The van der Waals surface area contributed by atoms with E-state index in [0.29, 0.717) is 16.8 Å².